The van der Waals surface area contributed by atoms with Crippen molar-refractivity contribution in [2.45, 2.75) is 82.1 Å². The Bertz CT molecular complexity index is 581. The van der Waals surface area contributed by atoms with Gasteiger partial charge in [0, 0.05) is 75.3 Å². The standard InChI is InChI=1S/C6H12O3.9C2H4O2/c1-2-9-6(8)4-3-5-7;9*1-2(3)4/h7H,2-5H2,1H3;9*1H3,(H,3,4). The van der Waals surface area contributed by atoms with E-state index in [-0.39, 0.29) is 12.6 Å². The van der Waals surface area contributed by atoms with Crippen molar-refractivity contribution in [1.82, 2.24) is 0 Å². The van der Waals surface area contributed by atoms with Crippen molar-refractivity contribution < 1.29 is 104 Å². The average molecular weight is 673 g/mol. The summed E-state index contributed by atoms with van der Waals surface area (Å²) in [4.78, 5) is 91.5. The summed E-state index contributed by atoms with van der Waals surface area (Å²) in [5, 5.41) is 75.0. The van der Waals surface area contributed by atoms with E-state index in [1.165, 1.54) is 0 Å². The Hall–Kier alpha value is -5.34. The van der Waals surface area contributed by atoms with E-state index in [9.17, 15) is 4.79 Å². The summed E-state index contributed by atoms with van der Waals surface area (Å²) in [6, 6.07) is 0. The highest BCUT2D eigenvalue weighted by Gasteiger charge is 1.98. The van der Waals surface area contributed by atoms with Crippen molar-refractivity contribution in [2.24, 2.45) is 0 Å². The lowest BCUT2D eigenvalue weighted by atomic mass is 10.3. The third kappa shape index (κ3) is 18900. The number of hydrogen-bond donors (Lipinski definition) is 10. The van der Waals surface area contributed by atoms with Gasteiger partial charge < -0.3 is 55.8 Å². The second-order valence-corrected chi connectivity index (χ2v) is 6.30. The predicted octanol–water partition coefficient (Wildman–Crippen LogP) is 1.14. The molecular weight excluding hydrogens is 624 g/mol. The van der Waals surface area contributed by atoms with Crippen LogP contribution in [0.5, 0.6) is 0 Å². The maximum atomic E-state index is 10.5. The largest absolute Gasteiger partial charge is 0.481 e. The Morgan fingerprint density at radius 3 is 0.622 bits per heavy atom. The van der Waals surface area contributed by atoms with Gasteiger partial charge in [0.1, 0.15) is 0 Å². The molecule has 0 aliphatic heterocycles. The van der Waals surface area contributed by atoms with E-state index in [2.05, 4.69) is 4.74 Å². The molecule has 0 aliphatic rings. The van der Waals surface area contributed by atoms with Gasteiger partial charge in [0.25, 0.3) is 53.7 Å². The van der Waals surface area contributed by atoms with E-state index in [4.69, 9.17) is 94.2 Å². The molecule has 0 spiro atoms. The van der Waals surface area contributed by atoms with Gasteiger partial charge in [-0.3, -0.25) is 47.9 Å². The number of ether oxygens (including phenoxy) is 1. The van der Waals surface area contributed by atoms with Crippen LogP contribution in [0.15, 0.2) is 0 Å². The smallest absolute Gasteiger partial charge is 0.305 e. The minimum Gasteiger partial charge on any atom is -0.481 e. The van der Waals surface area contributed by atoms with Gasteiger partial charge in [-0.25, -0.2) is 0 Å². The summed E-state index contributed by atoms with van der Waals surface area (Å²) in [5.74, 6) is -7.73. The highest BCUT2D eigenvalue weighted by atomic mass is 16.5. The molecule has 10 N–H and O–H groups in total. The highest BCUT2D eigenvalue weighted by molar-refractivity contribution is 5.69. The Balaban J connectivity index is -0.0000000385. The monoisotopic (exact) mass is 672 g/mol. The van der Waals surface area contributed by atoms with Gasteiger partial charge in [-0.1, -0.05) is 0 Å². The Morgan fingerprint density at radius 2 is 0.533 bits per heavy atom. The number of carbonyl (C=O) groups excluding carboxylic acids is 1. The molecule has 0 saturated carbocycles. The Labute approximate surface area is 259 Å². The lowest BCUT2D eigenvalue weighted by Crippen LogP contribution is -2.03. The molecule has 21 nitrogen and oxygen atoms in total. The van der Waals surface area contributed by atoms with Crippen LogP contribution >= 0.6 is 0 Å². The molecule has 0 amide bonds. The molecule has 0 atom stereocenters. The van der Waals surface area contributed by atoms with Gasteiger partial charge in [0.15, 0.2) is 0 Å². The Morgan fingerprint density at radius 1 is 0.400 bits per heavy atom. The lowest BCUT2D eigenvalue weighted by molar-refractivity contribution is -0.143. The lowest BCUT2D eigenvalue weighted by Gasteiger charge is -1.97. The van der Waals surface area contributed by atoms with Gasteiger partial charge in [-0.05, 0) is 13.3 Å². The topological polar surface area (TPSA) is 382 Å². The predicted molar refractivity (Wildman–Crippen MR) is 153 cm³/mol. The third-order valence-corrected chi connectivity index (χ3v) is 0.844. The van der Waals surface area contributed by atoms with E-state index < -0.39 is 53.7 Å². The highest BCUT2D eigenvalue weighted by Crippen LogP contribution is 1.90. The molecule has 0 bridgehead atoms. The summed E-state index contributed by atoms with van der Waals surface area (Å²) in [6.07, 6.45) is 0.823. The quantitative estimate of drug-likeness (QED) is 0.187. The summed E-state index contributed by atoms with van der Waals surface area (Å²) in [5.41, 5.74) is 0. The number of hydrogen-bond acceptors (Lipinski definition) is 12. The minimum atomic E-state index is -0.833. The molecular formula is C24H48O21. The number of esters is 1. The first kappa shape index (κ1) is 67.4. The molecule has 270 valence electrons. The molecule has 0 aliphatic carbocycles. The molecule has 0 radical (unpaired) electrons. The van der Waals surface area contributed by atoms with Crippen LogP contribution in [0.25, 0.3) is 0 Å². The van der Waals surface area contributed by atoms with Crippen molar-refractivity contribution >= 4 is 59.7 Å². The number of aliphatic carboxylic acids is 9. The molecule has 45 heavy (non-hydrogen) atoms. The first-order valence-electron chi connectivity index (χ1n) is 11.4. The van der Waals surface area contributed by atoms with E-state index in [1.807, 2.05) is 0 Å². The molecule has 0 saturated heterocycles. The fourth-order valence-electron chi connectivity index (χ4n) is 0.457. The molecule has 0 aromatic carbocycles. The maximum Gasteiger partial charge on any atom is 0.305 e. The molecule has 0 aromatic heterocycles. The van der Waals surface area contributed by atoms with E-state index in [1.54, 1.807) is 6.92 Å². The molecule has 0 heterocycles. The fraction of sp³-hybridized carbons (Fsp3) is 0.583. The minimum absolute atomic E-state index is 0.0544. The SMILES string of the molecule is CC(=O)O.CC(=O)O.CC(=O)O.CC(=O)O.CC(=O)O.CC(=O)O.CC(=O)O.CC(=O)O.CC(=O)O.CCOC(=O)CCCO. The van der Waals surface area contributed by atoms with Crippen LogP contribution in [0.3, 0.4) is 0 Å². The molecule has 0 fully saturated rings. The van der Waals surface area contributed by atoms with E-state index in [0.29, 0.717) is 19.4 Å². The van der Waals surface area contributed by atoms with Gasteiger partial charge >= 0.3 is 5.97 Å². The van der Waals surface area contributed by atoms with Crippen molar-refractivity contribution in [3.63, 3.8) is 0 Å². The second-order valence-electron chi connectivity index (χ2n) is 6.30. The number of aliphatic hydroxyl groups excluding tert-OH is 1. The van der Waals surface area contributed by atoms with E-state index >= 15 is 0 Å². The number of rotatable bonds is 4. The van der Waals surface area contributed by atoms with Crippen LogP contribution in [0.2, 0.25) is 0 Å². The van der Waals surface area contributed by atoms with Gasteiger partial charge in [0.05, 0.1) is 6.61 Å². The average Bonchev–Trinajstić information content (AvgIpc) is 2.68. The number of carboxylic acids is 9. The van der Waals surface area contributed by atoms with Gasteiger partial charge in [-0.2, -0.15) is 0 Å². The summed E-state index contributed by atoms with van der Waals surface area (Å²) in [7, 11) is 0. The zero-order valence-corrected chi connectivity index (χ0v) is 26.8. The van der Waals surface area contributed by atoms with Crippen molar-refractivity contribution in [3.05, 3.63) is 0 Å². The first-order valence-corrected chi connectivity index (χ1v) is 11.4. The van der Waals surface area contributed by atoms with Crippen molar-refractivity contribution in [1.29, 1.82) is 0 Å². The van der Waals surface area contributed by atoms with Crippen LogP contribution in [-0.4, -0.2) is 124 Å². The zero-order valence-electron chi connectivity index (χ0n) is 26.8. The first-order chi connectivity index (χ1) is 19.9. The van der Waals surface area contributed by atoms with Crippen LogP contribution < -0.4 is 0 Å². The summed E-state index contributed by atoms with van der Waals surface area (Å²) >= 11 is 0. The molecule has 0 rings (SSSR count). The molecule has 0 unspecified atom stereocenters. The van der Waals surface area contributed by atoms with Crippen molar-refractivity contribution in [3.8, 4) is 0 Å². The normalized spacial score (nSPS) is 6.82. The van der Waals surface area contributed by atoms with E-state index in [0.717, 1.165) is 62.3 Å². The number of aliphatic hydroxyl groups is 1. The van der Waals surface area contributed by atoms with Crippen molar-refractivity contribution in [2.75, 3.05) is 13.2 Å². The van der Waals surface area contributed by atoms with Crippen LogP contribution in [0, 0.1) is 0 Å². The van der Waals surface area contributed by atoms with Gasteiger partial charge in [-0.15, -0.1) is 0 Å². The molecule has 0 aromatic rings. The second kappa shape index (κ2) is 62.3. The number of carboxylic acid groups (broad SMARTS) is 9. The fourth-order valence-corrected chi connectivity index (χ4v) is 0.457. The third-order valence-electron chi connectivity index (χ3n) is 0.844. The number of carbonyl (C=O) groups is 10. The van der Waals surface area contributed by atoms with Crippen LogP contribution in [0.1, 0.15) is 82.1 Å². The van der Waals surface area contributed by atoms with Crippen LogP contribution in [-0.2, 0) is 52.7 Å². The van der Waals surface area contributed by atoms with Gasteiger partial charge in [0.2, 0.25) is 0 Å². The zero-order chi connectivity index (χ0) is 39.3. The van der Waals surface area contributed by atoms with Crippen LogP contribution in [0.4, 0.5) is 0 Å². The summed E-state index contributed by atoms with van der Waals surface area (Å²) in [6.45, 7) is 12.0. The summed E-state index contributed by atoms with van der Waals surface area (Å²) < 4.78 is 4.59. The maximum absolute atomic E-state index is 10.5. The Kier molecular flexibility index (Phi) is 93.3. The molecule has 21 heteroatoms.